The number of nitrogens with zero attached hydrogens (tertiary/aromatic N) is 2. The fourth-order valence-corrected chi connectivity index (χ4v) is 4.39. The molecule has 1 aromatic heterocycles. The molecule has 0 aliphatic carbocycles. The molecule has 2 aromatic carbocycles. The summed E-state index contributed by atoms with van der Waals surface area (Å²) < 4.78 is 25.5. The number of esters is 1. The van der Waals surface area contributed by atoms with E-state index in [1.54, 1.807) is 12.1 Å². The molecule has 0 aliphatic heterocycles. The summed E-state index contributed by atoms with van der Waals surface area (Å²) in [5, 5.41) is 0. The van der Waals surface area contributed by atoms with Crippen LogP contribution in [0.25, 0.3) is 11.4 Å². The van der Waals surface area contributed by atoms with Gasteiger partial charge in [0, 0.05) is 18.0 Å². The van der Waals surface area contributed by atoms with Crippen molar-refractivity contribution in [3.8, 4) is 22.9 Å². The average Bonchev–Trinajstić information content (AvgIpc) is 2.96. The zero-order valence-corrected chi connectivity index (χ0v) is 23.6. The Balaban J connectivity index is 1.44. The number of unbranched alkanes of at least 4 members (excludes halogenated alkanes) is 10. The van der Waals surface area contributed by atoms with E-state index < -0.39 is 11.8 Å². The molecule has 0 N–H and O–H groups in total. The molecule has 6 heteroatoms. The number of halogens is 1. The number of aryl methyl sites for hydroxylation is 1. The highest BCUT2D eigenvalue weighted by molar-refractivity contribution is 5.91. The molecule has 3 aromatic rings. The SMILES string of the molecule is CCCCCCCCCOc1ccc(C(=O)Oc2ccc(-c3ncc(CCCCCCC)cn3)cc2)cc1F. The van der Waals surface area contributed by atoms with E-state index in [-0.39, 0.29) is 11.3 Å². The zero-order valence-electron chi connectivity index (χ0n) is 23.6. The van der Waals surface area contributed by atoms with Crippen LogP contribution in [0.2, 0.25) is 0 Å². The van der Waals surface area contributed by atoms with E-state index >= 15 is 0 Å². The molecule has 0 spiro atoms. The maximum atomic E-state index is 14.5. The summed E-state index contributed by atoms with van der Waals surface area (Å²) in [4.78, 5) is 21.6. The van der Waals surface area contributed by atoms with E-state index in [1.165, 1.54) is 69.9 Å². The lowest BCUT2D eigenvalue weighted by atomic mass is 10.1. The lowest BCUT2D eigenvalue weighted by molar-refractivity contribution is 0.0734. The van der Waals surface area contributed by atoms with Crippen LogP contribution < -0.4 is 9.47 Å². The van der Waals surface area contributed by atoms with E-state index in [9.17, 15) is 9.18 Å². The van der Waals surface area contributed by atoms with Gasteiger partial charge >= 0.3 is 5.97 Å². The lowest BCUT2D eigenvalue weighted by Crippen LogP contribution is -2.09. The quantitative estimate of drug-likeness (QED) is 0.0925. The molecular formula is C33H43FN2O3. The predicted octanol–water partition coefficient (Wildman–Crippen LogP) is 9.14. The standard InChI is InChI=1S/C33H43FN2O3/c1-3-5-7-9-10-12-14-22-38-31-21-18-28(23-30(31)34)33(37)39-29-19-16-27(17-20-29)32-35-24-26(25-36-32)15-13-11-8-6-4-2/h16-21,23-25H,3-15,22H2,1-2H3. The van der Waals surface area contributed by atoms with Crippen molar-refractivity contribution in [1.82, 2.24) is 9.97 Å². The summed E-state index contributed by atoms with van der Waals surface area (Å²) >= 11 is 0. The van der Waals surface area contributed by atoms with Crippen LogP contribution in [-0.2, 0) is 6.42 Å². The van der Waals surface area contributed by atoms with Gasteiger partial charge in [-0.2, -0.15) is 0 Å². The fraction of sp³-hybridized carbons (Fsp3) is 0.485. The number of carbonyl (C=O) groups excluding carboxylic acids is 1. The van der Waals surface area contributed by atoms with Gasteiger partial charge in [0.05, 0.1) is 12.2 Å². The van der Waals surface area contributed by atoms with Crippen molar-refractivity contribution in [2.45, 2.75) is 97.3 Å². The first-order valence-corrected chi connectivity index (χ1v) is 14.7. The van der Waals surface area contributed by atoms with Crippen molar-refractivity contribution in [1.29, 1.82) is 0 Å². The molecule has 0 saturated carbocycles. The van der Waals surface area contributed by atoms with Crippen LogP contribution in [0, 0.1) is 5.82 Å². The molecule has 0 fully saturated rings. The van der Waals surface area contributed by atoms with E-state index in [0.29, 0.717) is 18.2 Å². The van der Waals surface area contributed by atoms with Gasteiger partial charge in [-0.05, 0) is 67.3 Å². The Kier molecular flexibility index (Phi) is 13.5. The van der Waals surface area contributed by atoms with Crippen molar-refractivity contribution in [2.75, 3.05) is 6.61 Å². The largest absolute Gasteiger partial charge is 0.491 e. The molecular weight excluding hydrogens is 491 g/mol. The van der Waals surface area contributed by atoms with Crippen LogP contribution in [0.4, 0.5) is 4.39 Å². The molecule has 5 nitrogen and oxygen atoms in total. The normalized spacial score (nSPS) is 10.9. The molecule has 0 amide bonds. The van der Waals surface area contributed by atoms with Gasteiger partial charge in [-0.3, -0.25) is 0 Å². The molecule has 0 aliphatic rings. The average molecular weight is 535 g/mol. The van der Waals surface area contributed by atoms with Crippen LogP contribution in [-0.4, -0.2) is 22.5 Å². The van der Waals surface area contributed by atoms with Crippen molar-refractivity contribution >= 4 is 5.97 Å². The fourth-order valence-electron chi connectivity index (χ4n) is 4.39. The molecule has 0 radical (unpaired) electrons. The second-order valence-corrected chi connectivity index (χ2v) is 10.1. The minimum absolute atomic E-state index is 0.133. The number of hydrogen-bond acceptors (Lipinski definition) is 5. The highest BCUT2D eigenvalue weighted by Gasteiger charge is 2.13. The Morgan fingerprint density at radius 1 is 0.769 bits per heavy atom. The smallest absolute Gasteiger partial charge is 0.343 e. The predicted molar refractivity (Wildman–Crippen MR) is 155 cm³/mol. The summed E-state index contributed by atoms with van der Waals surface area (Å²) in [7, 11) is 0. The van der Waals surface area contributed by atoms with Gasteiger partial charge in [-0.15, -0.1) is 0 Å². The molecule has 210 valence electrons. The lowest BCUT2D eigenvalue weighted by Gasteiger charge is -2.09. The molecule has 1 heterocycles. The number of rotatable bonds is 18. The van der Waals surface area contributed by atoms with Crippen LogP contribution in [0.5, 0.6) is 11.5 Å². The third-order valence-electron chi connectivity index (χ3n) is 6.77. The van der Waals surface area contributed by atoms with Crippen molar-refractivity contribution in [3.05, 3.63) is 71.8 Å². The van der Waals surface area contributed by atoms with Gasteiger partial charge in [0.1, 0.15) is 5.75 Å². The summed E-state index contributed by atoms with van der Waals surface area (Å²) in [6.07, 6.45) is 19.1. The van der Waals surface area contributed by atoms with Crippen LogP contribution in [0.15, 0.2) is 54.9 Å². The first-order valence-electron chi connectivity index (χ1n) is 14.7. The Morgan fingerprint density at radius 3 is 2.03 bits per heavy atom. The zero-order chi connectivity index (χ0) is 27.7. The molecule has 0 atom stereocenters. The number of benzene rings is 2. The van der Waals surface area contributed by atoms with Crippen molar-refractivity contribution < 1.29 is 18.7 Å². The number of ether oxygens (including phenoxy) is 2. The van der Waals surface area contributed by atoms with Crippen LogP contribution in [0.1, 0.15) is 107 Å². The van der Waals surface area contributed by atoms with Crippen LogP contribution >= 0.6 is 0 Å². The summed E-state index contributed by atoms with van der Waals surface area (Å²) in [6.45, 7) is 4.89. The molecule has 0 unspecified atom stereocenters. The Morgan fingerprint density at radius 2 is 1.38 bits per heavy atom. The first kappa shape index (κ1) is 30.3. The van der Waals surface area contributed by atoms with Gasteiger partial charge < -0.3 is 9.47 Å². The van der Waals surface area contributed by atoms with Crippen molar-refractivity contribution in [2.24, 2.45) is 0 Å². The highest BCUT2D eigenvalue weighted by atomic mass is 19.1. The van der Waals surface area contributed by atoms with Crippen molar-refractivity contribution in [3.63, 3.8) is 0 Å². The number of hydrogen-bond donors (Lipinski definition) is 0. The van der Waals surface area contributed by atoms with Gasteiger partial charge in [0.15, 0.2) is 17.4 Å². The second-order valence-electron chi connectivity index (χ2n) is 10.1. The maximum absolute atomic E-state index is 14.5. The number of aromatic nitrogens is 2. The molecule has 39 heavy (non-hydrogen) atoms. The van der Waals surface area contributed by atoms with E-state index in [4.69, 9.17) is 9.47 Å². The van der Waals surface area contributed by atoms with Gasteiger partial charge in [-0.1, -0.05) is 78.1 Å². The van der Waals surface area contributed by atoms with E-state index in [2.05, 4.69) is 23.8 Å². The monoisotopic (exact) mass is 534 g/mol. The summed E-state index contributed by atoms with van der Waals surface area (Å²) in [5.41, 5.74) is 2.11. The minimum atomic E-state index is -0.625. The minimum Gasteiger partial charge on any atom is -0.491 e. The number of carbonyl (C=O) groups is 1. The molecule has 0 bridgehead atoms. The Labute approximate surface area is 233 Å². The maximum Gasteiger partial charge on any atom is 0.343 e. The Hall–Kier alpha value is -3.28. The summed E-state index contributed by atoms with van der Waals surface area (Å²) in [5.74, 6) is -0.0441. The molecule has 0 saturated heterocycles. The van der Waals surface area contributed by atoms with E-state index in [0.717, 1.165) is 42.9 Å². The van der Waals surface area contributed by atoms with E-state index in [1.807, 2.05) is 24.5 Å². The first-order chi connectivity index (χ1) is 19.1. The highest BCUT2D eigenvalue weighted by Crippen LogP contribution is 2.23. The molecule has 3 rings (SSSR count). The van der Waals surface area contributed by atoms with Gasteiger partial charge in [0.2, 0.25) is 0 Å². The van der Waals surface area contributed by atoms with Gasteiger partial charge in [0.25, 0.3) is 0 Å². The topological polar surface area (TPSA) is 61.3 Å². The third-order valence-corrected chi connectivity index (χ3v) is 6.77. The third kappa shape index (κ3) is 10.8. The summed E-state index contributed by atoms with van der Waals surface area (Å²) in [6, 6.07) is 11.2. The Bertz CT molecular complexity index is 1120. The second kappa shape index (κ2) is 17.3. The van der Waals surface area contributed by atoms with Gasteiger partial charge in [-0.25, -0.2) is 19.2 Å². The van der Waals surface area contributed by atoms with Crippen LogP contribution in [0.3, 0.4) is 0 Å².